The van der Waals surface area contributed by atoms with Crippen LogP contribution in [0.25, 0.3) is 0 Å². The fraction of sp³-hybridized carbons (Fsp3) is 0.235. The molecule has 2 rings (SSSR count). The molecule has 2 aromatic rings. The van der Waals surface area contributed by atoms with Gasteiger partial charge in [0.1, 0.15) is 12.9 Å². The minimum atomic E-state index is -0.548. The van der Waals surface area contributed by atoms with Gasteiger partial charge < -0.3 is 9.53 Å². The van der Waals surface area contributed by atoms with Crippen molar-refractivity contribution in [3.63, 3.8) is 0 Å². The van der Waals surface area contributed by atoms with Gasteiger partial charge in [0, 0.05) is 18.6 Å². The summed E-state index contributed by atoms with van der Waals surface area (Å²) < 4.78 is 5.12. The maximum absolute atomic E-state index is 10.6. The minimum absolute atomic E-state index is 0.0450. The van der Waals surface area contributed by atoms with E-state index >= 15 is 0 Å². The molecule has 0 fully saturated rings. The molecule has 0 atom stereocenters. The zero-order valence-electron chi connectivity index (χ0n) is 13.8. The first-order valence-corrected chi connectivity index (χ1v) is 7.55. The first-order valence-electron chi connectivity index (χ1n) is 7.55. The molecule has 0 heterocycles. The van der Waals surface area contributed by atoms with Crippen LogP contribution in [0.5, 0.6) is 0 Å². The molecule has 0 unspecified atom stereocenters. The van der Waals surface area contributed by atoms with Gasteiger partial charge in [-0.25, -0.2) is 5.11 Å². The van der Waals surface area contributed by atoms with Gasteiger partial charge in [0.2, 0.25) is 0 Å². The third-order valence-corrected chi connectivity index (χ3v) is 3.17. The van der Waals surface area contributed by atoms with Crippen LogP contribution in [0.3, 0.4) is 0 Å². The van der Waals surface area contributed by atoms with Crippen LogP contribution in [0.15, 0.2) is 48.5 Å². The third kappa shape index (κ3) is 6.75. The van der Waals surface area contributed by atoms with E-state index in [9.17, 15) is 30.1 Å². The second-order valence-corrected chi connectivity index (χ2v) is 4.92. The first kappa shape index (κ1) is 20.9. The molecule has 2 aromatic carbocycles. The second kappa shape index (κ2) is 11.4. The van der Waals surface area contributed by atoms with E-state index in [1.807, 2.05) is 0 Å². The number of aldehydes is 1. The quantitative estimate of drug-likeness (QED) is 0.307. The lowest BCUT2D eigenvalue weighted by Crippen LogP contribution is -1.99. The Kier molecular flexibility index (Phi) is 9.15. The number of carbonyl (C=O) groups is 1. The summed E-state index contributed by atoms with van der Waals surface area (Å²) >= 11 is 0. The molecule has 0 aliphatic heterocycles. The minimum Gasteiger partial charge on any atom is -0.376 e. The maximum Gasteiger partial charge on any atom is 0.275 e. The summed E-state index contributed by atoms with van der Waals surface area (Å²) in [5, 5.41) is 31.2. The number of rotatable bonds is 8. The zero-order chi connectivity index (χ0) is 19.4. The van der Waals surface area contributed by atoms with Crippen LogP contribution >= 0.6 is 0 Å². The molecule has 0 amide bonds. The van der Waals surface area contributed by atoms with Crippen molar-refractivity contribution in [3.05, 3.63) is 79.9 Å². The summed E-state index contributed by atoms with van der Waals surface area (Å²) in [4.78, 5) is 29.9. The van der Waals surface area contributed by atoms with Crippen LogP contribution in [0.1, 0.15) is 17.5 Å². The highest BCUT2D eigenvalue weighted by Gasteiger charge is 2.11. The van der Waals surface area contributed by atoms with Gasteiger partial charge >= 0.3 is 0 Å². The van der Waals surface area contributed by atoms with Crippen molar-refractivity contribution in [2.45, 2.75) is 19.6 Å². The Hall–Kier alpha value is -3.17. The van der Waals surface area contributed by atoms with Gasteiger partial charge in [0.15, 0.2) is 0 Å². The third-order valence-electron chi connectivity index (χ3n) is 3.17. The molecule has 137 valence electrons. The first-order chi connectivity index (χ1) is 12.5. The number of hydrogen-bond donors (Lipinski definition) is 0. The summed E-state index contributed by atoms with van der Waals surface area (Å²) in [5.41, 5.74) is 0.706. The molecule has 9 heteroatoms. The summed E-state index contributed by atoms with van der Waals surface area (Å²) in [5.74, 6) is 0. The van der Waals surface area contributed by atoms with Crippen molar-refractivity contribution < 1.29 is 24.5 Å². The average molecular weight is 361 g/mol. The molecule has 0 spiro atoms. The van der Waals surface area contributed by atoms with Gasteiger partial charge in [-0.3, -0.25) is 20.2 Å². The number of nitrogens with zero attached hydrogens (tertiary/aromatic N) is 2. The fourth-order valence-electron chi connectivity index (χ4n) is 1.94. The summed E-state index contributed by atoms with van der Waals surface area (Å²) in [6, 6.07) is 12.3. The Morgan fingerprint density at radius 3 is 1.85 bits per heavy atom. The Bertz CT molecular complexity index is 749. The molecule has 0 N–H and O–H groups in total. The number of hydrogen-bond acceptors (Lipinski definition) is 6. The topological polar surface area (TPSA) is 132 Å². The number of ether oxygens (including phenoxy) is 1. The van der Waals surface area contributed by atoms with Crippen molar-refractivity contribution in [1.82, 2.24) is 0 Å². The highest BCUT2D eigenvalue weighted by molar-refractivity contribution is 5.49. The number of nitro groups is 2. The van der Waals surface area contributed by atoms with E-state index < -0.39 is 16.5 Å². The predicted molar refractivity (Wildman–Crippen MR) is 90.9 cm³/mol. The standard InChI is InChI=1S/C10H11NO4.C7H6NO3/c12-6-3-7-15-8-9-4-1-2-5-10(9)11(13)14;9-5-6-3-1-2-4-7(6)8(10)11/h1-2,4-6H,3,7-8H2;1-4H,5H2. The van der Waals surface area contributed by atoms with E-state index in [0.717, 1.165) is 6.29 Å². The van der Waals surface area contributed by atoms with E-state index in [0.29, 0.717) is 12.0 Å². The monoisotopic (exact) mass is 361 g/mol. The molecule has 0 aromatic heterocycles. The molecule has 0 aliphatic rings. The van der Waals surface area contributed by atoms with E-state index in [4.69, 9.17) is 4.74 Å². The van der Waals surface area contributed by atoms with Gasteiger partial charge in [-0.05, 0) is 12.1 Å². The van der Waals surface area contributed by atoms with Gasteiger partial charge in [0.25, 0.3) is 11.4 Å². The molecule has 9 nitrogen and oxygen atoms in total. The lowest BCUT2D eigenvalue weighted by atomic mass is 10.2. The summed E-state index contributed by atoms with van der Waals surface area (Å²) in [6.07, 6.45) is 1.06. The number of para-hydroxylation sites is 2. The summed E-state index contributed by atoms with van der Waals surface area (Å²) in [6.45, 7) is -0.0995. The summed E-state index contributed by atoms with van der Waals surface area (Å²) in [7, 11) is 0. The molecule has 0 aliphatic carbocycles. The Morgan fingerprint density at radius 1 is 0.885 bits per heavy atom. The Labute approximate surface area is 149 Å². The van der Waals surface area contributed by atoms with Gasteiger partial charge in [0.05, 0.1) is 34.2 Å². The molecule has 0 saturated heterocycles. The van der Waals surface area contributed by atoms with Gasteiger partial charge in [-0.1, -0.05) is 24.3 Å². The van der Waals surface area contributed by atoms with Crippen molar-refractivity contribution in [2.75, 3.05) is 6.61 Å². The number of benzene rings is 2. The Morgan fingerprint density at radius 2 is 1.38 bits per heavy atom. The van der Waals surface area contributed by atoms with Crippen LogP contribution in [-0.2, 0) is 27.9 Å². The van der Waals surface area contributed by atoms with Crippen molar-refractivity contribution >= 4 is 17.7 Å². The average Bonchev–Trinajstić information content (AvgIpc) is 2.66. The second-order valence-electron chi connectivity index (χ2n) is 4.92. The molecule has 26 heavy (non-hydrogen) atoms. The normalized spacial score (nSPS) is 9.73. The largest absolute Gasteiger partial charge is 0.376 e. The fourth-order valence-corrected chi connectivity index (χ4v) is 1.94. The maximum atomic E-state index is 10.6. The lowest BCUT2D eigenvalue weighted by Gasteiger charge is -2.02. The number of carbonyl (C=O) groups excluding carboxylic acids is 1. The van der Waals surface area contributed by atoms with Gasteiger partial charge in [-0.2, -0.15) is 0 Å². The van der Waals surface area contributed by atoms with Crippen LogP contribution in [0.4, 0.5) is 11.4 Å². The highest BCUT2D eigenvalue weighted by Crippen LogP contribution is 2.18. The predicted octanol–water partition coefficient (Wildman–Crippen LogP) is 3.23. The molecule has 1 radical (unpaired) electrons. The SMILES string of the molecule is O=CCCOCc1ccccc1[N+](=O)[O-].[O]Cc1ccccc1[N+](=O)[O-]. The lowest BCUT2D eigenvalue weighted by molar-refractivity contribution is -0.386. The molecular formula is C17H17N2O7. The van der Waals surface area contributed by atoms with E-state index in [1.54, 1.807) is 24.3 Å². The van der Waals surface area contributed by atoms with Crippen LogP contribution in [-0.4, -0.2) is 22.7 Å². The van der Waals surface area contributed by atoms with Crippen LogP contribution < -0.4 is 0 Å². The van der Waals surface area contributed by atoms with E-state index in [2.05, 4.69) is 0 Å². The van der Waals surface area contributed by atoms with E-state index in [-0.39, 0.29) is 30.2 Å². The van der Waals surface area contributed by atoms with Crippen LogP contribution in [0.2, 0.25) is 0 Å². The molecular weight excluding hydrogens is 344 g/mol. The highest BCUT2D eigenvalue weighted by atomic mass is 16.6. The van der Waals surface area contributed by atoms with E-state index in [1.165, 1.54) is 24.3 Å². The number of nitro benzene ring substituents is 2. The Balaban J connectivity index is 0.000000273. The zero-order valence-corrected chi connectivity index (χ0v) is 13.8. The molecule has 0 bridgehead atoms. The van der Waals surface area contributed by atoms with Gasteiger partial charge in [-0.15, -0.1) is 0 Å². The van der Waals surface area contributed by atoms with Crippen LogP contribution in [0, 0.1) is 20.2 Å². The smallest absolute Gasteiger partial charge is 0.275 e. The van der Waals surface area contributed by atoms with Crippen molar-refractivity contribution in [1.29, 1.82) is 0 Å². The van der Waals surface area contributed by atoms with Crippen molar-refractivity contribution in [2.24, 2.45) is 0 Å². The van der Waals surface area contributed by atoms with Crippen molar-refractivity contribution in [3.8, 4) is 0 Å². The molecule has 0 saturated carbocycles.